The van der Waals surface area contributed by atoms with Crippen molar-refractivity contribution in [2.24, 2.45) is 15.4 Å². The third kappa shape index (κ3) is 3.48. The number of rotatable bonds is 2. The fourth-order valence-electron chi connectivity index (χ4n) is 3.01. The van der Waals surface area contributed by atoms with E-state index in [1.54, 1.807) is 7.11 Å². The smallest absolute Gasteiger partial charge is 0.135 e. The normalized spacial score (nSPS) is 14.2. The van der Waals surface area contributed by atoms with E-state index in [-0.39, 0.29) is 5.41 Å². The van der Waals surface area contributed by atoms with Crippen LogP contribution in [0.2, 0.25) is 0 Å². The zero-order valence-electron chi connectivity index (χ0n) is 16.4. The van der Waals surface area contributed by atoms with Gasteiger partial charge in [-0.05, 0) is 32.0 Å². The number of aliphatic imine (C=N–C) groups is 2. The Morgan fingerprint density at radius 1 is 0.923 bits per heavy atom. The molecule has 3 nitrogen and oxygen atoms in total. The summed E-state index contributed by atoms with van der Waals surface area (Å²) in [6, 6.07) is 16.4. The first-order chi connectivity index (χ1) is 12.3. The third-order valence-electron chi connectivity index (χ3n) is 4.37. The van der Waals surface area contributed by atoms with Gasteiger partial charge in [0.2, 0.25) is 0 Å². The molecular weight excluding hydrogens is 320 g/mol. The molecular formula is C23H26N2O. The number of methoxy groups -OCH3 is 1. The lowest BCUT2D eigenvalue weighted by Gasteiger charge is -2.18. The Hall–Kier alpha value is -2.68. The van der Waals surface area contributed by atoms with Gasteiger partial charge in [0.15, 0.2) is 0 Å². The molecule has 134 valence electrons. The summed E-state index contributed by atoms with van der Waals surface area (Å²) < 4.78 is 5.47. The highest BCUT2D eigenvalue weighted by molar-refractivity contribution is 6.36. The second kappa shape index (κ2) is 6.91. The van der Waals surface area contributed by atoms with Gasteiger partial charge in [0, 0.05) is 22.1 Å². The Morgan fingerprint density at radius 2 is 1.62 bits per heavy atom. The quantitative estimate of drug-likeness (QED) is 0.650. The highest BCUT2D eigenvalue weighted by Crippen LogP contribution is 2.38. The summed E-state index contributed by atoms with van der Waals surface area (Å²) in [4.78, 5) is 9.99. The van der Waals surface area contributed by atoms with Gasteiger partial charge in [0.05, 0.1) is 18.5 Å². The first-order valence-corrected chi connectivity index (χ1v) is 8.91. The van der Waals surface area contributed by atoms with E-state index in [4.69, 9.17) is 14.7 Å². The molecule has 0 fully saturated rings. The summed E-state index contributed by atoms with van der Waals surface area (Å²) in [6.07, 6.45) is 0. The Balaban J connectivity index is 2.37. The summed E-state index contributed by atoms with van der Waals surface area (Å²) >= 11 is 0. The van der Waals surface area contributed by atoms with Crippen LogP contribution in [0.25, 0.3) is 5.57 Å². The average Bonchev–Trinajstić information content (AvgIpc) is 2.78. The van der Waals surface area contributed by atoms with Crippen molar-refractivity contribution in [3.05, 3.63) is 65.2 Å². The van der Waals surface area contributed by atoms with E-state index in [0.717, 1.165) is 39.7 Å². The fraction of sp³-hybridized carbons (Fsp3) is 0.304. The number of hydrogen-bond acceptors (Lipinski definition) is 3. The molecule has 26 heavy (non-hydrogen) atoms. The predicted molar refractivity (Wildman–Crippen MR) is 111 cm³/mol. The van der Waals surface area contributed by atoms with Gasteiger partial charge >= 0.3 is 0 Å². The van der Waals surface area contributed by atoms with Gasteiger partial charge in [0.1, 0.15) is 11.6 Å². The van der Waals surface area contributed by atoms with Crippen molar-refractivity contribution in [1.82, 2.24) is 0 Å². The second-order valence-electron chi connectivity index (χ2n) is 7.77. The molecule has 0 unspecified atom stereocenters. The predicted octanol–water partition coefficient (Wildman–Crippen LogP) is 6.07. The highest BCUT2D eigenvalue weighted by Gasteiger charge is 2.26. The zero-order valence-corrected chi connectivity index (χ0v) is 16.4. The molecule has 0 radical (unpaired) electrons. The molecule has 1 aliphatic rings. The van der Waals surface area contributed by atoms with Gasteiger partial charge in [-0.1, -0.05) is 56.7 Å². The Morgan fingerprint density at radius 3 is 2.19 bits per heavy atom. The molecule has 0 bridgehead atoms. The maximum atomic E-state index is 5.47. The number of amidine groups is 1. The average molecular weight is 346 g/mol. The molecule has 0 saturated heterocycles. The van der Waals surface area contributed by atoms with E-state index in [1.165, 1.54) is 5.57 Å². The molecule has 0 aromatic heterocycles. The molecule has 3 heteroatoms. The Bertz CT molecular complexity index is 909. The molecule has 1 heterocycles. The van der Waals surface area contributed by atoms with Gasteiger partial charge < -0.3 is 4.74 Å². The molecule has 3 rings (SSSR count). The van der Waals surface area contributed by atoms with E-state index >= 15 is 0 Å². The van der Waals surface area contributed by atoms with Gasteiger partial charge in [0.25, 0.3) is 0 Å². The number of ether oxygens (including phenoxy) is 1. The van der Waals surface area contributed by atoms with Crippen molar-refractivity contribution in [2.45, 2.75) is 34.6 Å². The number of benzene rings is 2. The van der Waals surface area contributed by atoms with E-state index in [0.29, 0.717) is 0 Å². The van der Waals surface area contributed by atoms with Gasteiger partial charge in [-0.15, -0.1) is 0 Å². The van der Waals surface area contributed by atoms with E-state index in [1.807, 2.05) is 30.3 Å². The van der Waals surface area contributed by atoms with E-state index in [9.17, 15) is 0 Å². The number of nitrogens with zero attached hydrogens (tertiary/aromatic N) is 2. The second-order valence-corrected chi connectivity index (χ2v) is 7.77. The van der Waals surface area contributed by atoms with Crippen molar-refractivity contribution in [3.8, 4) is 5.75 Å². The highest BCUT2D eigenvalue weighted by atomic mass is 16.5. The molecule has 0 amide bonds. The molecule has 0 spiro atoms. The van der Waals surface area contributed by atoms with Crippen LogP contribution in [0, 0.1) is 5.41 Å². The minimum atomic E-state index is -0.158. The molecule has 0 aliphatic carbocycles. The number of allylic oxidation sites excluding steroid dienone is 2. The first kappa shape index (κ1) is 18.1. The topological polar surface area (TPSA) is 34.0 Å². The van der Waals surface area contributed by atoms with Crippen LogP contribution in [-0.2, 0) is 0 Å². The van der Waals surface area contributed by atoms with Crippen LogP contribution in [0.3, 0.4) is 0 Å². The molecule has 0 saturated carbocycles. The van der Waals surface area contributed by atoms with Crippen molar-refractivity contribution < 1.29 is 4.74 Å². The lowest BCUT2D eigenvalue weighted by atomic mass is 9.91. The van der Waals surface area contributed by atoms with E-state index < -0.39 is 0 Å². The number of hydrogen-bond donors (Lipinski definition) is 0. The third-order valence-corrected chi connectivity index (χ3v) is 4.37. The van der Waals surface area contributed by atoms with Crippen LogP contribution in [0.15, 0.2) is 64.1 Å². The van der Waals surface area contributed by atoms with Crippen LogP contribution in [0.5, 0.6) is 5.75 Å². The van der Waals surface area contributed by atoms with Crippen LogP contribution >= 0.6 is 0 Å². The minimum absolute atomic E-state index is 0.158. The maximum absolute atomic E-state index is 5.47. The fourth-order valence-corrected chi connectivity index (χ4v) is 3.01. The van der Waals surface area contributed by atoms with Crippen molar-refractivity contribution in [3.63, 3.8) is 0 Å². The van der Waals surface area contributed by atoms with Crippen LogP contribution < -0.4 is 4.74 Å². The molecule has 2 aromatic carbocycles. The van der Waals surface area contributed by atoms with Gasteiger partial charge in [-0.25, -0.2) is 9.98 Å². The lowest BCUT2D eigenvalue weighted by Crippen LogP contribution is -2.20. The van der Waals surface area contributed by atoms with Crippen molar-refractivity contribution >= 4 is 22.8 Å². The van der Waals surface area contributed by atoms with Crippen LogP contribution in [0.4, 0.5) is 5.69 Å². The number of fused-ring (bicyclic) bond motifs is 1. The Kier molecular flexibility index (Phi) is 4.82. The van der Waals surface area contributed by atoms with Gasteiger partial charge in [-0.2, -0.15) is 0 Å². The van der Waals surface area contributed by atoms with Crippen molar-refractivity contribution in [2.75, 3.05) is 7.11 Å². The largest absolute Gasteiger partial charge is 0.497 e. The summed E-state index contributed by atoms with van der Waals surface area (Å²) in [7, 11) is 1.69. The maximum Gasteiger partial charge on any atom is 0.135 e. The van der Waals surface area contributed by atoms with Crippen molar-refractivity contribution in [1.29, 1.82) is 0 Å². The summed E-state index contributed by atoms with van der Waals surface area (Å²) in [5.74, 6) is 1.66. The summed E-state index contributed by atoms with van der Waals surface area (Å²) in [6.45, 7) is 10.7. The first-order valence-electron chi connectivity index (χ1n) is 8.91. The summed E-state index contributed by atoms with van der Waals surface area (Å²) in [5.41, 5.74) is 6.21. The monoisotopic (exact) mass is 346 g/mol. The van der Waals surface area contributed by atoms with Crippen LogP contribution in [0.1, 0.15) is 45.7 Å². The molecule has 0 atom stereocenters. The minimum Gasteiger partial charge on any atom is -0.497 e. The molecule has 2 aromatic rings. The van der Waals surface area contributed by atoms with Gasteiger partial charge in [-0.3, -0.25) is 0 Å². The van der Waals surface area contributed by atoms with E-state index in [2.05, 4.69) is 52.8 Å². The zero-order chi connectivity index (χ0) is 18.9. The molecule has 0 N–H and O–H groups in total. The summed E-state index contributed by atoms with van der Waals surface area (Å²) in [5, 5.41) is 0. The standard InChI is InChI=1S/C23H26N2O/c1-15(2)20-18-14-17(26-6)12-13-19(18)24-22(23(3,4)5)25-21(20)16-10-8-7-9-11-16/h7-14H,1-6H3. The lowest BCUT2D eigenvalue weighted by molar-refractivity contribution is 0.414. The molecule has 1 aliphatic heterocycles. The van der Waals surface area contributed by atoms with Crippen LogP contribution in [-0.4, -0.2) is 18.7 Å². The SMILES string of the molecule is COc1ccc2c(c1)C(=C(C)C)C(c1ccccc1)=NC(C(C)(C)C)=N2. The Labute approximate surface area is 156 Å².